The number of amides is 1. The zero-order valence-electron chi connectivity index (χ0n) is 9.25. The molecule has 1 atom stereocenters. The van der Waals surface area contributed by atoms with Crippen LogP contribution in [0.15, 0.2) is 0 Å². The van der Waals surface area contributed by atoms with E-state index in [1.54, 1.807) is 0 Å². The summed E-state index contributed by atoms with van der Waals surface area (Å²) >= 11 is 0. The van der Waals surface area contributed by atoms with Crippen LogP contribution < -0.4 is 0 Å². The first-order chi connectivity index (χ1) is 7.06. The molecule has 3 nitrogen and oxygen atoms in total. The zero-order valence-corrected chi connectivity index (χ0v) is 9.25. The van der Waals surface area contributed by atoms with Gasteiger partial charge in [0.15, 0.2) is 0 Å². The van der Waals surface area contributed by atoms with Crippen molar-refractivity contribution in [2.24, 2.45) is 0 Å². The third kappa shape index (κ3) is 3.12. The van der Waals surface area contributed by atoms with Crippen LogP contribution in [0.25, 0.3) is 0 Å². The van der Waals surface area contributed by atoms with Crippen molar-refractivity contribution in [3.05, 3.63) is 0 Å². The minimum atomic E-state index is -2.86. The molecule has 0 saturated carbocycles. The van der Waals surface area contributed by atoms with Crippen molar-refractivity contribution in [3.63, 3.8) is 0 Å². The molecule has 0 aromatic rings. The van der Waals surface area contributed by atoms with Crippen LogP contribution in [0.3, 0.4) is 0 Å². The molecular formula is C10H18F2N2O. The molecule has 1 rings (SSSR count). The van der Waals surface area contributed by atoms with Gasteiger partial charge in [-0.1, -0.05) is 6.92 Å². The number of carbonyl (C=O) groups is 1. The molecule has 1 saturated heterocycles. The Kier molecular flexibility index (Phi) is 4.45. The Labute approximate surface area is 89.0 Å². The maximum Gasteiger partial charge on any atom is 0.315 e. The summed E-state index contributed by atoms with van der Waals surface area (Å²) in [6.45, 7) is 6.47. The van der Waals surface area contributed by atoms with E-state index in [1.165, 1.54) is 4.90 Å². The molecule has 1 fully saturated rings. The van der Waals surface area contributed by atoms with E-state index in [-0.39, 0.29) is 0 Å². The molecule has 0 aromatic heterocycles. The van der Waals surface area contributed by atoms with Crippen molar-refractivity contribution < 1.29 is 13.6 Å². The van der Waals surface area contributed by atoms with Crippen molar-refractivity contribution in [3.8, 4) is 0 Å². The third-order valence-electron chi connectivity index (χ3n) is 3.03. The highest BCUT2D eigenvalue weighted by Crippen LogP contribution is 2.10. The van der Waals surface area contributed by atoms with E-state index in [0.29, 0.717) is 32.2 Å². The number of hydrogen-bond donors (Lipinski definition) is 0. The van der Waals surface area contributed by atoms with Gasteiger partial charge >= 0.3 is 6.43 Å². The molecular weight excluding hydrogens is 202 g/mol. The molecule has 0 aromatic carbocycles. The number of alkyl halides is 2. The summed E-state index contributed by atoms with van der Waals surface area (Å²) in [5.74, 6) is -1.03. The van der Waals surface area contributed by atoms with E-state index in [4.69, 9.17) is 0 Å². The van der Waals surface area contributed by atoms with Crippen molar-refractivity contribution in [2.45, 2.75) is 32.7 Å². The quantitative estimate of drug-likeness (QED) is 0.713. The number of halogens is 2. The fourth-order valence-corrected chi connectivity index (χ4v) is 1.78. The fraction of sp³-hybridized carbons (Fsp3) is 0.900. The van der Waals surface area contributed by atoms with Gasteiger partial charge < -0.3 is 4.90 Å². The summed E-state index contributed by atoms with van der Waals surface area (Å²) in [6.07, 6.45) is -1.82. The lowest BCUT2D eigenvalue weighted by molar-refractivity contribution is -0.144. The number of rotatable bonds is 3. The van der Waals surface area contributed by atoms with E-state index >= 15 is 0 Å². The Morgan fingerprint density at radius 1 is 1.27 bits per heavy atom. The van der Waals surface area contributed by atoms with Gasteiger partial charge in [-0.25, -0.2) is 0 Å². The Morgan fingerprint density at radius 2 is 1.80 bits per heavy atom. The Balaban J connectivity index is 2.39. The largest absolute Gasteiger partial charge is 0.335 e. The second kappa shape index (κ2) is 5.39. The maximum absolute atomic E-state index is 12.1. The zero-order chi connectivity index (χ0) is 11.4. The average molecular weight is 220 g/mol. The van der Waals surface area contributed by atoms with E-state index in [1.807, 2.05) is 0 Å². The van der Waals surface area contributed by atoms with Crippen molar-refractivity contribution in [2.75, 3.05) is 26.2 Å². The topological polar surface area (TPSA) is 23.6 Å². The molecule has 1 aliphatic heterocycles. The highest BCUT2D eigenvalue weighted by molar-refractivity contribution is 5.79. The Morgan fingerprint density at radius 3 is 2.20 bits per heavy atom. The first-order valence-electron chi connectivity index (χ1n) is 5.37. The molecule has 88 valence electrons. The van der Waals surface area contributed by atoms with Crippen molar-refractivity contribution in [1.29, 1.82) is 0 Å². The third-order valence-corrected chi connectivity index (χ3v) is 3.03. The van der Waals surface area contributed by atoms with Crippen molar-refractivity contribution in [1.82, 2.24) is 9.80 Å². The van der Waals surface area contributed by atoms with Gasteiger partial charge in [-0.15, -0.1) is 0 Å². The van der Waals surface area contributed by atoms with Gasteiger partial charge in [0.25, 0.3) is 5.91 Å². The van der Waals surface area contributed by atoms with E-state index in [0.717, 1.165) is 6.42 Å². The monoisotopic (exact) mass is 220 g/mol. The van der Waals surface area contributed by atoms with Crippen LogP contribution in [-0.4, -0.2) is 54.4 Å². The first kappa shape index (κ1) is 12.4. The first-order valence-corrected chi connectivity index (χ1v) is 5.37. The smallest absolute Gasteiger partial charge is 0.315 e. The number of nitrogens with zero attached hydrogens (tertiary/aromatic N) is 2. The summed E-state index contributed by atoms with van der Waals surface area (Å²) in [5, 5.41) is 0. The van der Waals surface area contributed by atoms with Crippen LogP contribution in [-0.2, 0) is 4.79 Å². The molecule has 0 bridgehead atoms. The fourth-order valence-electron chi connectivity index (χ4n) is 1.78. The molecule has 5 heteroatoms. The van der Waals surface area contributed by atoms with Gasteiger partial charge in [-0.05, 0) is 13.3 Å². The summed E-state index contributed by atoms with van der Waals surface area (Å²) in [5.41, 5.74) is 0. The minimum absolute atomic E-state index is 0.424. The summed E-state index contributed by atoms with van der Waals surface area (Å²) in [7, 11) is 0. The van der Waals surface area contributed by atoms with Crippen LogP contribution in [0.4, 0.5) is 8.78 Å². The molecule has 0 spiro atoms. The minimum Gasteiger partial charge on any atom is -0.335 e. The Bertz CT molecular complexity index is 215. The second-order valence-electron chi connectivity index (χ2n) is 3.92. The van der Waals surface area contributed by atoms with Gasteiger partial charge in [0.1, 0.15) is 0 Å². The van der Waals surface area contributed by atoms with Gasteiger partial charge in [-0.3, -0.25) is 9.69 Å². The lowest BCUT2D eigenvalue weighted by Gasteiger charge is -2.37. The standard InChI is InChI=1S/C10H18F2N2O/c1-3-8(2)13-4-6-14(7-5-13)10(15)9(11)12/h8-9H,3-7H2,1-2H3. The maximum atomic E-state index is 12.1. The SMILES string of the molecule is CCC(C)N1CCN(C(=O)C(F)F)CC1. The van der Waals surface area contributed by atoms with Crippen LogP contribution in [0.5, 0.6) is 0 Å². The summed E-state index contributed by atoms with van der Waals surface area (Å²) in [4.78, 5) is 14.5. The molecule has 1 heterocycles. The molecule has 1 amide bonds. The van der Waals surface area contributed by atoms with Gasteiger partial charge in [0.05, 0.1) is 0 Å². The van der Waals surface area contributed by atoms with Crippen LogP contribution in [0.2, 0.25) is 0 Å². The highest BCUT2D eigenvalue weighted by Gasteiger charge is 2.27. The predicted molar refractivity (Wildman–Crippen MR) is 53.9 cm³/mol. The van der Waals surface area contributed by atoms with Gasteiger partial charge in [0.2, 0.25) is 0 Å². The molecule has 0 N–H and O–H groups in total. The summed E-state index contributed by atoms with van der Waals surface area (Å²) < 4.78 is 24.3. The van der Waals surface area contributed by atoms with Crippen LogP contribution in [0.1, 0.15) is 20.3 Å². The number of piperazine rings is 1. The van der Waals surface area contributed by atoms with Crippen LogP contribution in [0, 0.1) is 0 Å². The molecule has 0 aliphatic carbocycles. The Hall–Kier alpha value is -0.710. The predicted octanol–water partition coefficient (Wildman–Crippen LogP) is 1.19. The van der Waals surface area contributed by atoms with Gasteiger partial charge in [-0.2, -0.15) is 8.78 Å². The van der Waals surface area contributed by atoms with Crippen molar-refractivity contribution >= 4 is 5.91 Å². The second-order valence-corrected chi connectivity index (χ2v) is 3.92. The van der Waals surface area contributed by atoms with E-state index in [2.05, 4.69) is 18.7 Å². The summed E-state index contributed by atoms with van der Waals surface area (Å²) in [6, 6.07) is 0.466. The lowest BCUT2D eigenvalue weighted by atomic mass is 10.2. The van der Waals surface area contributed by atoms with E-state index < -0.39 is 12.3 Å². The molecule has 0 radical (unpaired) electrons. The molecule has 1 unspecified atom stereocenters. The van der Waals surface area contributed by atoms with Crippen LogP contribution >= 0.6 is 0 Å². The lowest BCUT2D eigenvalue weighted by Crippen LogP contribution is -2.52. The van der Waals surface area contributed by atoms with Gasteiger partial charge in [0, 0.05) is 32.2 Å². The molecule has 15 heavy (non-hydrogen) atoms. The number of carbonyl (C=O) groups excluding carboxylic acids is 1. The average Bonchev–Trinajstić information content (AvgIpc) is 2.27. The highest BCUT2D eigenvalue weighted by atomic mass is 19.3. The normalized spacial score (nSPS) is 20.7. The molecule has 1 aliphatic rings. The number of hydrogen-bond acceptors (Lipinski definition) is 2. The van der Waals surface area contributed by atoms with E-state index in [9.17, 15) is 13.6 Å².